The summed E-state index contributed by atoms with van der Waals surface area (Å²) in [6.07, 6.45) is 0. The van der Waals surface area contributed by atoms with Crippen LogP contribution in [0.25, 0.3) is 0 Å². The minimum absolute atomic E-state index is 0.244. The molecular formula is C16H15N5O4S. The van der Waals surface area contributed by atoms with Crippen molar-refractivity contribution in [1.82, 2.24) is 9.29 Å². The van der Waals surface area contributed by atoms with Crippen molar-refractivity contribution in [2.45, 2.75) is 4.90 Å². The van der Waals surface area contributed by atoms with Crippen LogP contribution >= 0.6 is 0 Å². The molecule has 1 fully saturated rings. The maximum Gasteiger partial charge on any atom is 0.305 e. The molecule has 9 nitrogen and oxygen atoms in total. The molecular weight excluding hydrogens is 358 g/mol. The van der Waals surface area contributed by atoms with E-state index in [0.29, 0.717) is 18.9 Å². The number of aromatic nitrogens is 1. The first-order valence-corrected chi connectivity index (χ1v) is 9.23. The largest absolute Gasteiger partial charge is 0.354 e. The average molecular weight is 373 g/mol. The van der Waals surface area contributed by atoms with Gasteiger partial charge in [0.15, 0.2) is 0 Å². The van der Waals surface area contributed by atoms with Gasteiger partial charge >= 0.3 is 5.69 Å². The number of nitro groups is 1. The van der Waals surface area contributed by atoms with Gasteiger partial charge < -0.3 is 4.90 Å². The number of rotatable bonds is 4. The molecule has 1 aliphatic rings. The topological polar surface area (TPSA) is 120 Å². The molecule has 3 rings (SSSR count). The maximum absolute atomic E-state index is 12.6. The Morgan fingerprint density at radius 1 is 1.08 bits per heavy atom. The summed E-state index contributed by atoms with van der Waals surface area (Å²) >= 11 is 0. The fourth-order valence-electron chi connectivity index (χ4n) is 2.75. The van der Waals surface area contributed by atoms with Gasteiger partial charge in [0, 0.05) is 32.2 Å². The van der Waals surface area contributed by atoms with Crippen LogP contribution in [0.1, 0.15) is 5.69 Å². The lowest BCUT2D eigenvalue weighted by atomic mass is 10.3. The van der Waals surface area contributed by atoms with E-state index in [4.69, 9.17) is 5.26 Å². The van der Waals surface area contributed by atoms with Crippen molar-refractivity contribution in [3.63, 3.8) is 0 Å². The van der Waals surface area contributed by atoms with Crippen LogP contribution in [0.5, 0.6) is 0 Å². The highest BCUT2D eigenvalue weighted by molar-refractivity contribution is 7.89. The van der Waals surface area contributed by atoms with Crippen LogP contribution < -0.4 is 4.90 Å². The lowest BCUT2D eigenvalue weighted by molar-refractivity contribution is -0.385. The van der Waals surface area contributed by atoms with Gasteiger partial charge in [-0.05, 0) is 18.2 Å². The molecule has 0 radical (unpaired) electrons. The van der Waals surface area contributed by atoms with E-state index >= 15 is 0 Å². The molecule has 0 spiro atoms. The zero-order valence-corrected chi connectivity index (χ0v) is 14.5. The van der Waals surface area contributed by atoms with E-state index in [0.717, 1.165) is 0 Å². The van der Waals surface area contributed by atoms with Crippen LogP contribution in [-0.2, 0) is 10.0 Å². The zero-order valence-electron chi connectivity index (χ0n) is 13.6. The van der Waals surface area contributed by atoms with Gasteiger partial charge in [0.2, 0.25) is 15.7 Å². The third-order valence-electron chi connectivity index (χ3n) is 4.11. The van der Waals surface area contributed by atoms with Crippen LogP contribution in [0.2, 0.25) is 0 Å². The minimum atomic E-state index is -3.55. The number of nitriles is 1. The molecule has 2 heterocycles. The number of hydrogen-bond donors (Lipinski definition) is 0. The summed E-state index contributed by atoms with van der Waals surface area (Å²) in [5, 5.41) is 19.9. The molecule has 0 amide bonds. The monoisotopic (exact) mass is 373 g/mol. The number of hydrogen-bond acceptors (Lipinski definition) is 7. The first kappa shape index (κ1) is 17.8. The number of anilines is 1. The summed E-state index contributed by atoms with van der Waals surface area (Å²) in [5.41, 5.74) is -0.603. The summed E-state index contributed by atoms with van der Waals surface area (Å²) < 4.78 is 26.6. The average Bonchev–Trinajstić information content (AvgIpc) is 2.68. The molecule has 1 aliphatic heterocycles. The van der Waals surface area contributed by atoms with Crippen molar-refractivity contribution in [3.05, 3.63) is 58.3 Å². The molecule has 134 valence electrons. The molecule has 0 bridgehead atoms. The molecule has 1 aromatic heterocycles. The zero-order chi connectivity index (χ0) is 18.7. The van der Waals surface area contributed by atoms with Crippen molar-refractivity contribution in [1.29, 1.82) is 5.26 Å². The molecule has 10 heteroatoms. The van der Waals surface area contributed by atoms with Crippen LogP contribution in [0.15, 0.2) is 47.4 Å². The Labute approximate surface area is 150 Å². The van der Waals surface area contributed by atoms with Gasteiger partial charge in [-0.25, -0.2) is 13.4 Å². The standard InChI is InChI=1S/C16H15N5O4S/c17-12-14-15(21(22)23)6-7-16(18-14)19-8-10-20(11-9-19)26(24,25)13-4-2-1-3-5-13/h1-7H,8-11H2. The van der Waals surface area contributed by atoms with Crippen molar-refractivity contribution >= 4 is 21.5 Å². The van der Waals surface area contributed by atoms with Gasteiger partial charge in [-0.3, -0.25) is 10.1 Å². The third kappa shape index (κ3) is 3.35. The van der Waals surface area contributed by atoms with Crippen LogP contribution in [0, 0.1) is 21.4 Å². The Morgan fingerprint density at radius 2 is 1.73 bits per heavy atom. The second-order valence-electron chi connectivity index (χ2n) is 5.61. The number of nitrogens with zero attached hydrogens (tertiary/aromatic N) is 5. The lowest BCUT2D eigenvalue weighted by Crippen LogP contribution is -2.48. The van der Waals surface area contributed by atoms with Crippen molar-refractivity contribution in [2.75, 3.05) is 31.1 Å². The second kappa shape index (κ2) is 7.07. The predicted octanol–water partition coefficient (Wildman–Crippen LogP) is 1.37. The highest BCUT2D eigenvalue weighted by Gasteiger charge is 2.29. The van der Waals surface area contributed by atoms with E-state index in [9.17, 15) is 18.5 Å². The Kier molecular flexibility index (Phi) is 4.83. The van der Waals surface area contributed by atoms with E-state index in [1.807, 2.05) is 4.90 Å². The van der Waals surface area contributed by atoms with E-state index in [1.165, 1.54) is 16.4 Å². The van der Waals surface area contributed by atoms with Gasteiger partial charge in [-0.2, -0.15) is 9.57 Å². The lowest BCUT2D eigenvalue weighted by Gasteiger charge is -2.34. The molecule has 2 aromatic rings. The molecule has 0 saturated carbocycles. The van der Waals surface area contributed by atoms with Gasteiger partial charge in [-0.1, -0.05) is 18.2 Å². The quantitative estimate of drug-likeness (QED) is 0.586. The normalized spacial score (nSPS) is 15.4. The summed E-state index contributed by atoms with van der Waals surface area (Å²) in [6.45, 7) is 1.28. The molecule has 1 aromatic carbocycles. The molecule has 26 heavy (non-hydrogen) atoms. The molecule has 0 N–H and O–H groups in total. The number of sulfonamides is 1. The minimum Gasteiger partial charge on any atom is -0.354 e. The number of piperazine rings is 1. The molecule has 1 saturated heterocycles. The predicted molar refractivity (Wildman–Crippen MR) is 93.0 cm³/mol. The highest BCUT2D eigenvalue weighted by atomic mass is 32.2. The van der Waals surface area contributed by atoms with Gasteiger partial charge in [-0.15, -0.1) is 0 Å². The summed E-state index contributed by atoms with van der Waals surface area (Å²) in [7, 11) is -3.55. The SMILES string of the molecule is N#Cc1nc(N2CCN(S(=O)(=O)c3ccccc3)CC2)ccc1[N+](=O)[O-]. The summed E-state index contributed by atoms with van der Waals surface area (Å²) in [5.74, 6) is 0.420. The maximum atomic E-state index is 12.6. The van der Waals surface area contributed by atoms with Crippen molar-refractivity contribution in [3.8, 4) is 6.07 Å². The Hall–Kier alpha value is -3.03. The van der Waals surface area contributed by atoms with Crippen molar-refractivity contribution in [2.24, 2.45) is 0 Å². The summed E-state index contributed by atoms with van der Waals surface area (Å²) in [4.78, 5) is 16.3. The molecule has 0 atom stereocenters. The van der Waals surface area contributed by atoms with E-state index < -0.39 is 14.9 Å². The van der Waals surface area contributed by atoms with E-state index in [2.05, 4.69) is 4.98 Å². The van der Waals surface area contributed by atoms with Gasteiger partial charge in [0.1, 0.15) is 11.9 Å². The summed E-state index contributed by atoms with van der Waals surface area (Å²) in [6, 6.07) is 12.7. The van der Waals surface area contributed by atoms with Crippen LogP contribution in [0.3, 0.4) is 0 Å². The molecule has 0 aliphatic carbocycles. The van der Waals surface area contributed by atoms with E-state index in [1.54, 1.807) is 36.4 Å². The molecule has 0 unspecified atom stereocenters. The van der Waals surface area contributed by atoms with E-state index in [-0.39, 0.29) is 29.4 Å². The first-order chi connectivity index (χ1) is 12.4. The highest BCUT2D eigenvalue weighted by Crippen LogP contribution is 2.23. The Morgan fingerprint density at radius 3 is 2.31 bits per heavy atom. The second-order valence-corrected chi connectivity index (χ2v) is 7.55. The first-order valence-electron chi connectivity index (χ1n) is 7.79. The Bertz CT molecular complexity index is 964. The number of pyridine rings is 1. The van der Waals surface area contributed by atoms with Crippen LogP contribution in [0.4, 0.5) is 11.5 Å². The fourth-order valence-corrected chi connectivity index (χ4v) is 4.19. The Balaban J connectivity index is 1.75. The van der Waals surface area contributed by atoms with Gasteiger partial charge in [0.25, 0.3) is 0 Å². The van der Waals surface area contributed by atoms with Crippen LogP contribution in [-0.4, -0.2) is 48.8 Å². The third-order valence-corrected chi connectivity index (χ3v) is 6.02. The fraction of sp³-hybridized carbons (Fsp3) is 0.250. The van der Waals surface area contributed by atoms with Crippen molar-refractivity contribution < 1.29 is 13.3 Å². The van der Waals surface area contributed by atoms with Gasteiger partial charge in [0.05, 0.1) is 9.82 Å². The smallest absolute Gasteiger partial charge is 0.305 e. The number of benzene rings is 1.